The number of rotatable bonds is 4. The molecule has 0 bridgehead atoms. The predicted octanol–water partition coefficient (Wildman–Crippen LogP) is 1.38. The van der Waals surface area contributed by atoms with E-state index in [0.29, 0.717) is 5.82 Å². The van der Waals surface area contributed by atoms with Gasteiger partial charge in [-0.3, -0.25) is 0 Å². The molecule has 0 amide bonds. The van der Waals surface area contributed by atoms with Crippen molar-refractivity contribution in [2.24, 2.45) is 0 Å². The molecule has 1 N–H and O–H groups in total. The Morgan fingerprint density at radius 2 is 2.25 bits per heavy atom. The average Bonchev–Trinajstić information content (AvgIpc) is 2.83. The molecule has 1 heterocycles. The van der Waals surface area contributed by atoms with E-state index in [9.17, 15) is 8.42 Å². The van der Waals surface area contributed by atoms with E-state index in [1.54, 1.807) is 6.92 Å². The van der Waals surface area contributed by atoms with Crippen LogP contribution in [0.3, 0.4) is 0 Å². The van der Waals surface area contributed by atoms with Gasteiger partial charge in [0.25, 0.3) is 0 Å². The lowest BCUT2D eigenvalue weighted by Gasteiger charge is -2.06. The number of aromatic nitrogens is 2. The van der Waals surface area contributed by atoms with E-state index in [0.717, 1.165) is 0 Å². The number of nitriles is 1. The number of hydrogen-bond donors (Lipinski definition) is 1. The quantitative estimate of drug-likeness (QED) is 0.913. The van der Waals surface area contributed by atoms with Gasteiger partial charge >= 0.3 is 0 Å². The van der Waals surface area contributed by atoms with Gasteiger partial charge in [-0.25, -0.2) is 13.1 Å². The summed E-state index contributed by atoms with van der Waals surface area (Å²) in [6.45, 7) is 1.46. The van der Waals surface area contributed by atoms with Gasteiger partial charge < -0.3 is 4.52 Å². The van der Waals surface area contributed by atoms with Crippen molar-refractivity contribution in [3.05, 3.63) is 40.5 Å². The minimum atomic E-state index is -3.87. The van der Waals surface area contributed by atoms with Crippen LogP contribution in [-0.4, -0.2) is 18.6 Å². The molecule has 2 aromatic rings. The Balaban J connectivity index is 2.24. The second-order valence-corrected chi connectivity index (χ2v) is 5.96. The molecule has 0 atom stereocenters. The van der Waals surface area contributed by atoms with E-state index in [1.165, 1.54) is 18.2 Å². The van der Waals surface area contributed by atoms with Crippen LogP contribution >= 0.6 is 11.6 Å². The van der Waals surface area contributed by atoms with Crippen LogP contribution in [-0.2, 0) is 16.6 Å². The zero-order chi connectivity index (χ0) is 14.8. The summed E-state index contributed by atoms with van der Waals surface area (Å²) in [5, 5.41) is 12.4. The Labute approximate surface area is 120 Å². The van der Waals surface area contributed by atoms with Gasteiger partial charge in [0.05, 0.1) is 23.2 Å². The fourth-order valence-corrected chi connectivity index (χ4v) is 2.92. The highest BCUT2D eigenvalue weighted by atomic mass is 35.5. The van der Waals surface area contributed by atoms with Crippen LogP contribution in [0.25, 0.3) is 0 Å². The van der Waals surface area contributed by atoms with Crippen molar-refractivity contribution in [2.45, 2.75) is 18.4 Å². The zero-order valence-corrected chi connectivity index (χ0v) is 11.9. The number of halogens is 1. The summed E-state index contributed by atoms with van der Waals surface area (Å²) in [5.41, 5.74) is 0.198. The Kier molecular flexibility index (Phi) is 4.04. The SMILES string of the molecule is Cc1noc(CNS(=O)(=O)c2cc(C#N)ccc2Cl)n1. The number of hydrogen-bond acceptors (Lipinski definition) is 6. The van der Waals surface area contributed by atoms with Crippen molar-refractivity contribution >= 4 is 21.6 Å². The molecule has 0 radical (unpaired) electrons. The van der Waals surface area contributed by atoms with Crippen molar-refractivity contribution in [1.82, 2.24) is 14.9 Å². The molecule has 0 aliphatic heterocycles. The fraction of sp³-hybridized carbons (Fsp3) is 0.182. The van der Waals surface area contributed by atoms with E-state index >= 15 is 0 Å². The third-order valence-corrected chi connectivity index (χ3v) is 4.22. The molecule has 104 valence electrons. The summed E-state index contributed by atoms with van der Waals surface area (Å²) in [4.78, 5) is 3.70. The third-order valence-electron chi connectivity index (χ3n) is 2.33. The molecule has 1 aromatic carbocycles. The number of nitrogens with zero attached hydrogens (tertiary/aromatic N) is 3. The van der Waals surface area contributed by atoms with Crippen LogP contribution in [0.4, 0.5) is 0 Å². The molecule has 20 heavy (non-hydrogen) atoms. The first-order valence-corrected chi connectivity index (χ1v) is 7.27. The number of benzene rings is 1. The lowest BCUT2D eigenvalue weighted by molar-refractivity contribution is 0.372. The highest BCUT2D eigenvalue weighted by Gasteiger charge is 2.19. The van der Waals surface area contributed by atoms with E-state index in [2.05, 4.69) is 14.9 Å². The van der Waals surface area contributed by atoms with Crippen molar-refractivity contribution in [1.29, 1.82) is 5.26 Å². The second-order valence-electron chi connectivity index (χ2n) is 3.82. The van der Waals surface area contributed by atoms with Crippen LogP contribution in [0.15, 0.2) is 27.6 Å². The van der Waals surface area contributed by atoms with Gasteiger partial charge in [0.15, 0.2) is 5.82 Å². The maximum atomic E-state index is 12.1. The van der Waals surface area contributed by atoms with E-state index in [4.69, 9.17) is 21.4 Å². The minimum absolute atomic E-state index is 0.0261. The van der Waals surface area contributed by atoms with Crippen molar-refractivity contribution < 1.29 is 12.9 Å². The molecule has 0 fully saturated rings. The molecule has 9 heteroatoms. The Morgan fingerprint density at radius 1 is 1.50 bits per heavy atom. The van der Waals surface area contributed by atoms with Gasteiger partial charge in [-0.05, 0) is 25.1 Å². The molecule has 0 saturated carbocycles. The molecule has 0 spiro atoms. The summed E-state index contributed by atoms with van der Waals surface area (Å²) in [6.07, 6.45) is 0. The standard InChI is InChI=1S/C11H9ClN4O3S/c1-7-15-11(19-16-7)6-14-20(17,18)10-4-8(5-13)2-3-9(10)12/h2-4,14H,6H2,1H3. The van der Waals surface area contributed by atoms with Crippen LogP contribution in [0.1, 0.15) is 17.3 Å². The maximum absolute atomic E-state index is 12.1. The summed E-state index contributed by atoms with van der Waals surface area (Å²) in [7, 11) is -3.87. The predicted molar refractivity (Wildman–Crippen MR) is 69.2 cm³/mol. The van der Waals surface area contributed by atoms with Gasteiger partial charge in [0, 0.05) is 0 Å². The highest BCUT2D eigenvalue weighted by Crippen LogP contribution is 2.22. The first-order valence-electron chi connectivity index (χ1n) is 5.41. The van der Waals surface area contributed by atoms with Crippen molar-refractivity contribution in [3.8, 4) is 6.07 Å². The Hall–Kier alpha value is -1.95. The Bertz CT molecular complexity index is 779. The lowest BCUT2D eigenvalue weighted by Crippen LogP contribution is -2.23. The first kappa shape index (κ1) is 14.5. The molecule has 1 aromatic heterocycles. The van der Waals surface area contributed by atoms with Gasteiger partial charge in [-0.2, -0.15) is 10.2 Å². The summed E-state index contributed by atoms with van der Waals surface area (Å²) < 4.78 is 31.3. The molecule has 2 rings (SSSR count). The second kappa shape index (κ2) is 5.58. The zero-order valence-electron chi connectivity index (χ0n) is 10.3. The highest BCUT2D eigenvalue weighted by molar-refractivity contribution is 7.89. The Morgan fingerprint density at radius 3 is 2.85 bits per heavy atom. The van der Waals surface area contributed by atoms with E-state index in [-0.39, 0.29) is 27.9 Å². The lowest BCUT2D eigenvalue weighted by atomic mass is 10.2. The molecule has 7 nitrogen and oxygen atoms in total. The van der Waals surface area contributed by atoms with E-state index < -0.39 is 10.0 Å². The number of sulfonamides is 1. The fourth-order valence-electron chi connectivity index (χ4n) is 1.43. The molecular weight excluding hydrogens is 304 g/mol. The third kappa shape index (κ3) is 3.14. The van der Waals surface area contributed by atoms with Gasteiger partial charge in [-0.1, -0.05) is 16.8 Å². The first-order chi connectivity index (χ1) is 9.42. The normalized spacial score (nSPS) is 11.2. The number of aryl methyl sites for hydroxylation is 1. The van der Waals surface area contributed by atoms with Crippen molar-refractivity contribution in [2.75, 3.05) is 0 Å². The van der Waals surface area contributed by atoms with E-state index in [1.807, 2.05) is 6.07 Å². The molecule has 0 saturated heterocycles. The van der Waals surface area contributed by atoms with Gasteiger partial charge in [0.2, 0.25) is 15.9 Å². The van der Waals surface area contributed by atoms with Crippen molar-refractivity contribution in [3.63, 3.8) is 0 Å². The minimum Gasteiger partial charge on any atom is -0.338 e. The number of nitrogens with one attached hydrogen (secondary N) is 1. The average molecular weight is 313 g/mol. The molecule has 0 aliphatic carbocycles. The van der Waals surface area contributed by atoms with Gasteiger partial charge in [-0.15, -0.1) is 0 Å². The summed E-state index contributed by atoms with van der Waals surface area (Å²) in [5.74, 6) is 0.544. The monoisotopic (exact) mass is 312 g/mol. The molecular formula is C11H9ClN4O3S. The van der Waals surface area contributed by atoms with Crippen LogP contribution in [0.5, 0.6) is 0 Å². The van der Waals surface area contributed by atoms with Crippen LogP contribution in [0.2, 0.25) is 5.02 Å². The summed E-state index contributed by atoms with van der Waals surface area (Å²) in [6, 6.07) is 5.84. The van der Waals surface area contributed by atoms with Crippen LogP contribution < -0.4 is 4.72 Å². The van der Waals surface area contributed by atoms with Crippen LogP contribution in [0, 0.1) is 18.3 Å². The summed E-state index contributed by atoms with van der Waals surface area (Å²) >= 11 is 5.84. The molecule has 0 aliphatic rings. The maximum Gasteiger partial charge on any atom is 0.242 e. The topological polar surface area (TPSA) is 109 Å². The molecule has 0 unspecified atom stereocenters. The smallest absolute Gasteiger partial charge is 0.242 e. The largest absolute Gasteiger partial charge is 0.338 e. The van der Waals surface area contributed by atoms with Gasteiger partial charge in [0.1, 0.15) is 4.90 Å².